The van der Waals surface area contributed by atoms with Gasteiger partial charge in [-0.1, -0.05) is 37.3 Å². The van der Waals surface area contributed by atoms with Crippen LogP contribution in [0.15, 0.2) is 48.5 Å². The van der Waals surface area contributed by atoms with E-state index in [4.69, 9.17) is 4.74 Å². The Hall–Kier alpha value is -3.08. The van der Waals surface area contributed by atoms with Gasteiger partial charge in [0.05, 0.1) is 13.0 Å². The first-order valence-electron chi connectivity index (χ1n) is 9.40. The number of hydrogen-bond donors (Lipinski definition) is 1. The lowest BCUT2D eigenvalue weighted by atomic mass is 10.1. The lowest BCUT2D eigenvalue weighted by Crippen LogP contribution is -2.36. The molecule has 1 N–H and O–H groups in total. The Kier molecular flexibility index (Phi) is 5.83. The first kappa shape index (κ1) is 19.7. The Morgan fingerprint density at radius 2 is 1.82 bits per heavy atom. The van der Waals surface area contributed by atoms with Gasteiger partial charge in [-0.15, -0.1) is 0 Å². The minimum absolute atomic E-state index is 0.0974. The molecule has 146 valence electrons. The van der Waals surface area contributed by atoms with E-state index in [1.165, 1.54) is 7.11 Å². The number of carbonyl (C=O) groups excluding carboxylic acids is 2. The van der Waals surface area contributed by atoms with E-state index in [1.807, 2.05) is 62.4 Å². The van der Waals surface area contributed by atoms with Crippen LogP contribution in [0.25, 0.3) is 10.9 Å². The van der Waals surface area contributed by atoms with Crippen molar-refractivity contribution < 1.29 is 14.3 Å². The smallest absolute Gasteiger partial charge is 0.310 e. The number of fused-ring (bicyclic) bond motifs is 1. The fourth-order valence-corrected chi connectivity index (χ4v) is 3.41. The fraction of sp³-hybridized carbons (Fsp3) is 0.304. The van der Waals surface area contributed by atoms with Gasteiger partial charge in [-0.2, -0.15) is 0 Å². The molecule has 2 aromatic carbocycles. The van der Waals surface area contributed by atoms with Gasteiger partial charge in [0.1, 0.15) is 0 Å². The molecule has 1 unspecified atom stereocenters. The van der Waals surface area contributed by atoms with Crippen molar-refractivity contribution in [3.05, 3.63) is 70.9 Å². The summed E-state index contributed by atoms with van der Waals surface area (Å²) in [6, 6.07) is 15.5. The Morgan fingerprint density at radius 3 is 2.50 bits per heavy atom. The predicted molar refractivity (Wildman–Crippen MR) is 110 cm³/mol. The number of carbonyl (C=O) groups is 2. The van der Waals surface area contributed by atoms with Crippen LogP contribution < -0.4 is 0 Å². The molecule has 1 atom stereocenters. The van der Waals surface area contributed by atoms with Gasteiger partial charge in [0.15, 0.2) is 0 Å². The molecule has 1 amide bonds. The van der Waals surface area contributed by atoms with E-state index in [2.05, 4.69) is 4.98 Å². The Balaban J connectivity index is 1.92. The first-order valence-corrected chi connectivity index (χ1v) is 9.40. The van der Waals surface area contributed by atoms with Crippen LogP contribution in [-0.2, 0) is 16.1 Å². The van der Waals surface area contributed by atoms with Crippen molar-refractivity contribution in [3.8, 4) is 0 Å². The zero-order valence-corrected chi connectivity index (χ0v) is 16.8. The van der Waals surface area contributed by atoms with E-state index >= 15 is 0 Å². The molecular formula is C23H26N2O3. The maximum atomic E-state index is 13.3. The van der Waals surface area contributed by atoms with Gasteiger partial charge in [-0.25, -0.2) is 0 Å². The summed E-state index contributed by atoms with van der Waals surface area (Å²) in [7, 11) is 1.37. The number of nitrogens with one attached hydrogen (secondary N) is 1. The molecule has 0 spiro atoms. The molecule has 0 bridgehead atoms. The number of H-pyrrole nitrogens is 1. The summed E-state index contributed by atoms with van der Waals surface area (Å²) in [4.78, 5) is 30.3. The zero-order valence-electron chi connectivity index (χ0n) is 16.8. The van der Waals surface area contributed by atoms with Crippen LogP contribution in [0.1, 0.15) is 34.1 Å². The van der Waals surface area contributed by atoms with E-state index in [0.717, 1.165) is 27.7 Å². The van der Waals surface area contributed by atoms with Crippen molar-refractivity contribution in [1.29, 1.82) is 0 Å². The maximum absolute atomic E-state index is 13.3. The summed E-state index contributed by atoms with van der Waals surface area (Å²) in [6.45, 7) is 6.58. The maximum Gasteiger partial charge on any atom is 0.310 e. The second kappa shape index (κ2) is 8.30. The van der Waals surface area contributed by atoms with Crippen molar-refractivity contribution in [3.63, 3.8) is 0 Å². The topological polar surface area (TPSA) is 62.4 Å². The third-order valence-electron chi connectivity index (χ3n) is 5.16. The summed E-state index contributed by atoms with van der Waals surface area (Å²) < 4.78 is 4.84. The molecule has 0 aliphatic rings. The van der Waals surface area contributed by atoms with Crippen molar-refractivity contribution >= 4 is 22.8 Å². The van der Waals surface area contributed by atoms with Crippen LogP contribution in [0.4, 0.5) is 0 Å². The largest absolute Gasteiger partial charge is 0.469 e. The number of aromatic nitrogens is 1. The molecule has 0 saturated heterocycles. The van der Waals surface area contributed by atoms with E-state index in [-0.39, 0.29) is 11.9 Å². The highest BCUT2D eigenvalue weighted by atomic mass is 16.5. The number of rotatable bonds is 6. The average Bonchev–Trinajstić information content (AvgIpc) is 3.00. The zero-order chi connectivity index (χ0) is 20.3. The van der Waals surface area contributed by atoms with Gasteiger partial charge in [-0.05, 0) is 43.2 Å². The molecular weight excluding hydrogens is 352 g/mol. The second-order valence-corrected chi connectivity index (χ2v) is 7.23. The molecule has 1 heterocycles. The van der Waals surface area contributed by atoms with Crippen LogP contribution in [0.3, 0.4) is 0 Å². The fourth-order valence-electron chi connectivity index (χ4n) is 3.41. The third kappa shape index (κ3) is 4.09. The summed E-state index contributed by atoms with van der Waals surface area (Å²) >= 11 is 0. The molecule has 0 radical (unpaired) electrons. The highest BCUT2D eigenvalue weighted by Crippen LogP contribution is 2.23. The van der Waals surface area contributed by atoms with Gasteiger partial charge in [0, 0.05) is 35.2 Å². The lowest BCUT2D eigenvalue weighted by Gasteiger charge is -2.25. The minimum atomic E-state index is -0.405. The molecule has 0 aliphatic carbocycles. The van der Waals surface area contributed by atoms with Crippen molar-refractivity contribution in [2.45, 2.75) is 27.3 Å². The van der Waals surface area contributed by atoms with E-state index in [0.29, 0.717) is 18.7 Å². The summed E-state index contributed by atoms with van der Waals surface area (Å²) in [5.74, 6) is -0.823. The van der Waals surface area contributed by atoms with Crippen molar-refractivity contribution in [2.24, 2.45) is 5.92 Å². The van der Waals surface area contributed by atoms with Crippen LogP contribution >= 0.6 is 0 Å². The van der Waals surface area contributed by atoms with E-state index in [1.54, 1.807) is 11.8 Å². The normalized spacial score (nSPS) is 12.0. The average molecular weight is 378 g/mol. The third-order valence-corrected chi connectivity index (χ3v) is 5.16. The number of nitrogens with zero attached hydrogens (tertiary/aromatic N) is 1. The second-order valence-electron chi connectivity index (χ2n) is 7.23. The van der Waals surface area contributed by atoms with Crippen LogP contribution in [0.2, 0.25) is 0 Å². The van der Waals surface area contributed by atoms with Gasteiger partial charge in [0.25, 0.3) is 5.91 Å². The van der Waals surface area contributed by atoms with Crippen molar-refractivity contribution in [2.75, 3.05) is 13.7 Å². The number of ether oxygens (including phenoxy) is 1. The number of benzene rings is 2. The quantitative estimate of drug-likeness (QED) is 0.653. The molecule has 5 nitrogen and oxygen atoms in total. The SMILES string of the molecule is COC(=O)C(C)CN(Cc1ccccc1)C(=O)c1ccc2[nH]c(C)c(C)c2c1. The Labute approximate surface area is 165 Å². The minimum Gasteiger partial charge on any atom is -0.469 e. The monoisotopic (exact) mass is 378 g/mol. The Morgan fingerprint density at radius 1 is 1.11 bits per heavy atom. The van der Waals surface area contributed by atoms with E-state index < -0.39 is 5.92 Å². The lowest BCUT2D eigenvalue weighted by molar-refractivity contribution is -0.145. The Bertz CT molecular complexity index is 992. The van der Waals surface area contributed by atoms with Crippen LogP contribution in [0.5, 0.6) is 0 Å². The first-order chi connectivity index (χ1) is 13.4. The summed E-state index contributed by atoms with van der Waals surface area (Å²) in [5.41, 5.74) is 4.89. The van der Waals surface area contributed by atoms with Gasteiger partial charge < -0.3 is 14.6 Å². The van der Waals surface area contributed by atoms with Crippen LogP contribution in [-0.4, -0.2) is 35.4 Å². The molecule has 0 fully saturated rings. The predicted octanol–water partition coefficient (Wildman–Crippen LogP) is 4.24. The number of methoxy groups -OCH3 is 1. The number of esters is 1. The molecule has 1 aromatic heterocycles. The molecule has 3 aromatic rings. The van der Waals surface area contributed by atoms with Gasteiger partial charge in [0.2, 0.25) is 0 Å². The molecule has 3 rings (SSSR count). The number of aryl methyl sites for hydroxylation is 2. The summed E-state index contributed by atoms with van der Waals surface area (Å²) in [6.07, 6.45) is 0. The summed E-state index contributed by atoms with van der Waals surface area (Å²) in [5, 5.41) is 1.05. The van der Waals surface area contributed by atoms with Gasteiger partial charge >= 0.3 is 5.97 Å². The van der Waals surface area contributed by atoms with Crippen molar-refractivity contribution in [1.82, 2.24) is 9.88 Å². The standard InChI is InChI=1S/C23H26N2O3/c1-15(23(27)28-4)13-25(14-18-8-6-5-7-9-18)22(26)19-10-11-21-20(12-19)16(2)17(3)24-21/h5-12,15,24H,13-14H2,1-4H3. The van der Waals surface area contributed by atoms with Crippen LogP contribution in [0, 0.1) is 19.8 Å². The number of hydrogen-bond acceptors (Lipinski definition) is 3. The molecule has 5 heteroatoms. The molecule has 28 heavy (non-hydrogen) atoms. The number of amides is 1. The highest BCUT2D eigenvalue weighted by molar-refractivity contribution is 5.99. The molecule has 0 saturated carbocycles. The van der Waals surface area contributed by atoms with E-state index in [9.17, 15) is 9.59 Å². The van der Waals surface area contributed by atoms with Gasteiger partial charge in [-0.3, -0.25) is 9.59 Å². The molecule has 0 aliphatic heterocycles. The number of aromatic amines is 1. The highest BCUT2D eigenvalue weighted by Gasteiger charge is 2.23.